The van der Waals surface area contributed by atoms with Gasteiger partial charge in [-0.2, -0.15) is 0 Å². The highest BCUT2D eigenvalue weighted by Crippen LogP contribution is 2.35. The van der Waals surface area contributed by atoms with Gasteiger partial charge >= 0.3 is 0 Å². The summed E-state index contributed by atoms with van der Waals surface area (Å²) in [7, 11) is 1.76. The lowest BCUT2D eigenvalue weighted by Gasteiger charge is -2.42. The second kappa shape index (κ2) is 34.0. The van der Waals surface area contributed by atoms with Crippen LogP contribution in [0.1, 0.15) is 143 Å². The van der Waals surface area contributed by atoms with Gasteiger partial charge in [-0.05, 0) is 105 Å². The number of benzene rings is 4. The summed E-state index contributed by atoms with van der Waals surface area (Å²) in [6, 6.07) is 32.6. The van der Waals surface area contributed by atoms with Crippen molar-refractivity contribution in [3.8, 4) is 11.1 Å². The van der Waals surface area contributed by atoms with E-state index in [0.29, 0.717) is 89.3 Å². The molecule has 0 unspecified atom stereocenters. The molecule has 4 aromatic rings. The molecule has 17 heteroatoms. The molecule has 2 saturated heterocycles. The van der Waals surface area contributed by atoms with Gasteiger partial charge in [-0.15, -0.1) is 0 Å². The van der Waals surface area contributed by atoms with Gasteiger partial charge in [-0.1, -0.05) is 149 Å². The molecule has 474 valence electrons. The molecule has 0 aromatic heterocycles. The quantitative estimate of drug-likeness (QED) is 0.0333. The van der Waals surface area contributed by atoms with Crippen LogP contribution in [0.2, 0.25) is 0 Å². The monoisotopic (exact) mass is 1200 g/mol. The highest BCUT2D eigenvalue weighted by atomic mass is 16.2. The predicted molar refractivity (Wildman–Crippen MR) is 344 cm³/mol. The lowest BCUT2D eigenvalue weighted by Crippen LogP contribution is -2.63. The third-order valence-electron chi connectivity index (χ3n) is 19.1. The van der Waals surface area contributed by atoms with Gasteiger partial charge in [0.2, 0.25) is 29.5 Å². The van der Waals surface area contributed by atoms with Crippen molar-refractivity contribution in [1.82, 2.24) is 46.2 Å². The van der Waals surface area contributed by atoms with Crippen molar-refractivity contribution in [3.05, 3.63) is 131 Å². The molecule has 17 nitrogen and oxygen atoms in total. The second-order valence-electron chi connectivity index (χ2n) is 25.1. The first-order valence-electron chi connectivity index (χ1n) is 32.9. The summed E-state index contributed by atoms with van der Waals surface area (Å²) in [5.41, 5.74) is 4.64. The largest absolute Gasteiger partial charge is 0.344 e. The minimum atomic E-state index is -0.615. The Morgan fingerprint density at radius 3 is 1.61 bits per heavy atom. The normalized spacial score (nSPS) is 18.9. The number of amides is 6. The number of hydrogen-bond acceptors (Lipinski definition) is 11. The van der Waals surface area contributed by atoms with Crippen LogP contribution in [0, 0.1) is 23.7 Å². The van der Waals surface area contributed by atoms with Crippen LogP contribution >= 0.6 is 0 Å². The summed E-state index contributed by atoms with van der Waals surface area (Å²) in [5, 5.41) is 16.0. The SMILES string of the molecule is CC[C@@H](C)C(=O)N[C@H](C(=O)N1CCNC[C@H]1CN(CCc1ccccc1)C(=O)CCC(=O)c1ccc(-c2ccc(C(=O)NCC(=O)N(CCc3ccccc3)C[C@@H]3CNCCN3C(=O)[C@@H](CC(=O)[C@H](C)NC)C3CCCCC3)cc2)cc1)C1CCCCC1. The molecule has 4 aromatic carbocycles. The molecule has 8 rings (SSSR count). The van der Waals surface area contributed by atoms with E-state index >= 15 is 0 Å². The molecule has 0 bridgehead atoms. The van der Waals surface area contributed by atoms with Gasteiger partial charge in [0.15, 0.2) is 5.78 Å². The fourth-order valence-corrected chi connectivity index (χ4v) is 13.2. The van der Waals surface area contributed by atoms with E-state index in [0.717, 1.165) is 86.5 Å². The number of rotatable bonds is 29. The minimum Gasteiger partial charge on any atom is -0.344 e. The van der Waals surface area contributed by atoms with Crippen molar-refractivity contribution in [1.29, 1.82) is 0 Å². The van der Waals surface area contributed by atoms with E-state index < -0.39 is 17.9 Å². The second-order valence-corrected chi connectivity index (χ2v) is 25.1. The van der Waals surface area contributed by atoms with Gasteiger partial charge in [0.25, 0.3) is 5.91 Å². The first-order valence-corrected chi connectivity index (χ1v) is 32.9. The fraction of sp³-hybridized carbons (Fsp3) is 0.549. The Balaban J connectivity index is 0.875. The van der Waals surface area contributed by atoms with E-state index in [2.05, 4.69) is 26.6 Å². The molecule has 2 heterocycles. The van der Waals surface area contributed by atoms with Crippen molar-refractivity contribution in [2.75, 3.05) is 79.0 Å². The zero-order valence-corrected chi connectivity index (χ0v) is 52.7. The van der Waals surface area contributed by atoms with E-state index in [9.17, 15) is 38.4 Å². The van der Waals surface area contributed by atoms with E-state index in [1.54, 1.807) is 41.1 Å². The summed E-state index contributed by atoms with van der Waals surface area (Å²) in [5.74, 6) is -1.58. The average Bonchev–Trinajstić information content (AvgIpc) is 2.18. The summed E-state index contributed by atoms with van der Waals surface area (Å²) < 4.78 is 0. The number of hydrogen-bond donors (Lipinski definition) is 5. The molecule has 0 radical (unpaired) electrons. The molecule has 2 saturated carbocycles. The van der Waals surface area contributed by atoms with Crippen molar-refractivity contribution >= 4 is 47.0 Å². The molecule has 2 aliphatic heterocycles. The minimum absolute atomic E-state index is 0.000498. The van der Waals surface area contributed by atoms with Gasteiger partial charge in [0.1, 0.15) is 11.8 Å². The number of likely N-dealkylation sites (N-methyl/N-ethyl adjacent to an activating group) is 1. The molecule has 2 aliphatic carbocycles. The average molecular weight is 1200 g/mol. The molecule has 4 aliphatic rings. The van der Waals surface area contributed by atoms with E-state index in [-0.39, 0.29) is 109 Å². The number of ketones is 2. The van der Waals surface area contributed by atoms with Gasteiger partial charge < -0.3 is 46.2 Å². The van der Waals surface area contributed by atoms with Crippen molar-refractivity contribution < 1.29 is 38.4 Å². The van der Waals surface area contributed by atoms with Crippen LogP contribution in [0.4, 0.5) is 0 Å². The summed E-state index contributed by atoms with van der Waals surface area (Å²) >= 11 is 0. The van der Waals surface area contributed by atoms with Crippen molar-refractivity contribution in [3.63, 3.8) is 0 Å². The zero-order valence-electron chi connectivity index (χ0n) is 52.7. The van der Waals surface area contributed by atoms with Crippen LogP contribution in [0.5, 0.6) is 0 Å². The zero-order chi connectivity index (χ0) is 62.4. The Hall–Kier alpha value is -7.08. The maximum atomic E-state index is 14.7. The number of nitrogens with one attached hydrogen (secondary N) is 5. The Morgan fingerprint density at radius 2 is 1.09 bits per heavy atom. The topological polar surface area (TPSA) is 210 Å². The highest BCUT2D eigenvalue weighted by molar-refractivity contribution is 5.99. The van der Waals surface area contributed by atoms with Crippen LogP contribution in [0.3, 0.4) is 0 Å². The van der Waals surface area contributed by atoms with Gasteiger partial charge in [-0.25, -0.2) is 0 Å². The van der Waals surface area contributed by atoms with Gasteiger partial charge in [0, 0.05) is 108 Å². The van der Waals surface area contributed by atoms with Crippen LogP contribution in [0.25, 0.3) is 11.1 Å². The first-order chi connectivity index (χ1) is 42.7. The Labute approximate surface area is 522 Å². The Bertz CT molecular complexity index is 2720. The number of piperazine rings is 2. The number of nitrogens with zero attached hydrogens (tertiary/aromatic N) is 4. The number of carbonyl (C=O) groups is 8. The van der Waals surface area contributed by atoms with E-state index in [4.69, 9.17) is 0 Å². The predicted octanol–water partition coefficient (Wildman–Crippen LogP) is 7.66. The van der Waals surface area contributed by atoms with Crippen molar-refractivity contribution in [2.45, 2.75) is 148 Å². The fourth-order valence-electron chi connectivity index (χ4n) is 13.2. The third-order valence-corrected chi connectivity index (χ3v) is 19.1. The molecule has 4 fully saturated rings. The van der Waals surface area contributed by atoms with Crippen LogP contribution in [-0.2, 0) is 41.6 Å². The molecule has 6 atom stereocenters. The molecule has 5 N–H and O–H groups in total. The van der Waals surface area contributed by atoms with Crippen LogP contribution < -0.4 is 26.6 Å². The summed E-state index contributed by atoms with van der Waals surface area (Å²) in [6.45, 7) is 10.0. The Kier molecular flexibility index (Phi) is 25.9. The van der Waals surface area contributed by atoms with Gasteiger partial charge in [0.05, 0.1) is 24.7 Å². The molecular formula is C71H97N9O8. The molecule has 0 spiro atoms. The lowest BCUT2D eigenvalue weighted by molar-refractivity contribution is -0.145. The molecule has 88 heavy (non-hydrogen) atoms. The third kappa shape index (κ3) is 19.0. The first kappa shape index (κ1) is 66.9. The maximum Gasteiger partial charge on any atom is 0.251 e. The molecular weight excluding hydrogens is 1110 g/mol. The highest BCUT2D eigenvalue weighted by Gasteiger charge is 2.41. The van der Waals surface area contributed by atoms with E-state index in [1.807, 2.05) is 116 Å². The number of Topliss-reactive ketones (excluding diaryl/α,β-unsaturated/α-hetero) is 2. The van der Waals surface area contributed by atoms with Crippen LogP contribution in [-0.4, -0.2) is 170 Å². The smallest absolute Gasteiger partial charge is 0.251 e. The Morgan fingerprint density at radius 1 is 0.591 bits per heavy atom. The molecule has 6 amide bonds. The van der Waals surface area contributed by atoms with Crippen molar-refractivity contribution in [2.24, 2.45) is 23.7 Å². The maximum absolute atomic E-state index is 14.7. The van der Waals surface area contributed by atoms with Crippen LogP contribution in [0.15, 0.2) is 109 Å². The standard InChI is InChI=1S/C71H97N9O8/c1-5-50(2)68(85)76-67(58-24-16-9-17-25-58)71(88)80-43-39-74-46-61(80)48-77(40-36-52-18-10-6-11-19-52)65(83)35-34-63(81)57-30-26-54(27-31-57)55-28-32-59(33-29-55)69(86)75-47-66(84)78(41-37-53-20-12-7-13-21-53)49-60-45-73-38-42-79(60)70(87)62(44-64(82)51(3)72-4)56-22-14-8-15-23-56/h6-7,10-13,18-21,26-33,50-51,56,58,60-62,67,72-74H,5,8-9,14-17,22-25,34-49H2,1-4H3,(H,75,86)(H,76,85)/t50-,51+,60+,61+,62+,67+/m1/s1. The summed E-state index contributed by atoms with van der Waals surface area (Å²) in [6.07, 6.45) is 12.1. The lowest BCUT2D eigenvalue weighted by atomic mass is 9.76. The van der Waals surface area contributed by atoms with Gasteiger partial charge in [-0.3, -0.25) is 38.4 Å². The summed E-state index contributed by atoms with van der Waals surface area (Å²) in [4.78, 5) is 119. The number of carbonyl (C=O) groups excluding carboxylic acids is 8. The van der Waals surface area contributed by atoms with E-state index in [1.165, 1.54) is 0 Å².